The van der Waals surface area contributed by atoms with Gasteiger partial charge in [-0.2, -0.15) is 5.26 Å². The number of aryl methyl sites for hydroxylation is 1. The Labute approximate surface area is 126 Å². The molecule has 1 rings (SSSR count). The summed E-state index contributed by atoms with van der Waals surface area (Å²) >= 11 is 0. The summed E-state index contributed by atoms with van der Waals surface area (Å²) in [7, 11) is -3.76. The van der Waals surface area contributed by atoms with Crippen molar-refractivity contribution < 1.29 is 13.5 Å². The summed E-state index contributed by atoms with van der Waals surface area (Å²) in [4.78, 5) is 0.0708. The van der Waals surface area contributed by atoms with Gasteiger partial charge in [-0.3, -0.25) is 0 Å². The molecule has 0 spiro atoms. The summed E-state index contributed by atoms with van der Waals surface area (Å²) in [6.07, 6.45) is 0.748. The molecular weight excluding hydrogens is 288 g/mol. The molecule has 0 fully saturated rings. The van der Waals surface area contributed by atoms with E-state index in [-0.39, 0.29) is 22.9 Å². The van der Waals surface area contributed by atoms with Crippen molar-refractivity contribution in [2.75, 3.05) is 6.54 Å². The molecule has 0 saturated heterocycles. The third kappa shape index (κ3) is 4.27. The van der Waals surface area contributed by atoms with Crippen molar-refractivity contribution >= 4 is 10.0 Å². The molecule has 0 aromatic heterocycles. The van der Waals surface area contributed by atoms with Crippen LogP contribution < -0.4 is 4.72 Å². The smallest absolute Gasteiger partial charge is 0.240 e. The molecule has 0 saturated carbocycles. The van der Waals surface area contributed by atoms with Gasteiger partial charge >= 0.3 is 0 Å². The number of nitrogens with zero attached hydrogens (tertiary/aromatic N) is 1. The first-order valence-corrected chi connectivity index (χ1v) is 8.35. The van der Waals surface area contributed by atoms with Crippen LogP contribution in [0.4, 0.5) is 0 Å². The van der Waals surface area contributed by atoms with Crippen LogP contribution in [-0.2, 0) is 10.0 Å². The van der Waals surface area contributed by atoms with Crippen molar-refractivity contribution in [3.05, 3.63) is 29.3 Å². The van der Waals surface area contributed by atoms with Crippen LogP contribution in [0.25, 0.3) is 0 Å². The van der Waals surface area contributed by atoms with E-state index in [1.54, 1.807) is 26.0 Å². The molecule has 21 heavy (non-hydrogen) atoms. The first kappa shape index (κ1) is 17.6. The Balaban J connectivity index is 3.01. The van der Waals surface area contributed by atoms with Gasteiger partial charge in [-0.05, 0) is 37.5 Å². The molecule has 0 radical (unpaired) electrons. The van der Waals surface area contributed by atoms with Gasteiger partial charge in [0, 0.05) is 6.54 Å². The SMILES string of the molecule is CCC(C)C(C)(O)CNS(=O)(=O)c1cc(C#N)ccc1C. The normalized spacial score (nSPS) is 16.0. The number of sulfonamides is 1. The largest absolute Gasteiger partial charge is 0.389 e. The van der Waals surface area contributed by atoms with E-state index in [4.69, 9.17) is 5.26 Å². The predicted octanol–water partition coefficient (Wildman–Crippen LogP) is 1.94. The van der Waals surface area contributed by atoms with Gasteiger partial charge in [0.2, 0.25) is 10.0 Å². The Kier molecular flexibility index (Phi) is 5.51. The van der Waals surface area contributed by atoms with E-state index in [0.717, 1.165) is 6.42 Å². The maximum absolute atomic E-state index is 12.3. The zero-order chi connectivity index (χ0) is 16.3. The average molecular weight is 310 g/mol. The van der Waals surface area contributed by atoms with Gasteiger partial charge in [0.1, 0.15) is 0 Å². The van der Waals surface area contributed by atoms with Gasteiger partial charge in [-0.15, -0.1) is 0 Å². The Morgan fingerprint density at radius 2 is 2.10 bits per heavy atom. The fourth-order valence-corrected chi connectivity index (χ4v) is 3.30. The second-order valence-electron chi connectivity index (χ2n) is 5.58. The Bertz CT molecular complexity index is 645. The van der Waals surface area contributed by atoms with Crippen LogP contribution >= 0.6 is 0 Å². The van der Waals surface area contributed by atoms with Gasteiger partial charge < -0.3 is 5.11 Å². The fraction of sp³-hybridized carbons (Fsp3) is 0.533. The number of aliphatic hydroxyl groups is 1. The first-order valence-electron chi connectivity index (χ1n) is 6.87. The van der Waals surface area contributed by atoms with Gasteiger partial charge in [-0.25, -0.2) is 13.1 Å². The summed E-state index contributed by atoms with van der Waals surface area (Å²) < 4.78 is 27.1. The van der Waals surface area contributed by atoms with Crippen molar-refractivity contribution in [2.24, 2.45) is 5.92 Å². The third-order valence-corrected chi connectivity index (χ3v) is 5.44. The van der Waals surface area contributed by atoms with Crippen molar-refractivity contribution in [1.82, 2.24) is 4.72 Å². The van der Waals surface area contributed by atoms with Crippen LogP contribution in [0.15, 0.2) is 23.1 Å². The van der Waals surface area contributed by atoms with E-state index in [1.807, 2.05) is 19.9 Å². The molecule has 0 aliphatic carbocycles. The highest BCUT2D eigenvalue weighted by Gasteiger charge is 2.29. The quantitative estimate of drug-likeness (QED) is 0.840. The van der Waals surface area contributed by atoms with Crippen LogP contribution in [0.3, 0.4) is 0 Å². The highest BCUT2D eigenvalue weighted by molar-refractivity contribution is 7.89. The second-order valence-corrected chi connectivity index (χ2v) is 7.32. The molecule has 0 heterocycles. The summed E-state index contributed by atoms with van der Waals surface area (Å²) in [6.45, 7) is 7.02. The monoisotopic (exact) mass is 310 g/mol. The highest BCUT2D eigenvalue weighted by Crippen LogP contribution is 2.21. The molecule has 0 amide bonds. The summed E-state index contributed by atoms with van der Waals surface area (Å²) in [5.74, 6) is -0.0354. The molecule has 6 heteroatoms. The predicted molar refractivity (Wildman–Crippen MR) is 81.2 cm³/mol. The standard InChI is InChI=1S/C15H22N2O3S/c1-5-12(3)15(4,18)10-17-21(19,20)14-8-13(9-16)7-6-11(14)2/h6-8,12,17-18H,5,10H2,1-4H3. The van der Waals surface area contributed by atoms with Crippen LogP contribution in [-0.4, -0.2) is 25.7 Å². The van der Waals surface area contributed by atoms with Crippen molar-refractivity contribution in [2.45, 2.75) is 44.6 Å². The van der Waals surface area contributed by atoms with Gasteiger partial charge in [0.15, 0.2) is 0 Å². The van der Waals surface area contributed by atoms with Gasteiger partial charge in [0.25, 0.3) is 0 Å². The van der Waals surface area contributed by atoms with E-state index in [0.29, 0.717) is 5.56 Å². The molecule has 2 N–H and O–H groups in total. The Hall–Kier alpha value is -1.42. The fourth-order valence-electron chi connectivity index (χ4n) is 1.89. The van der Waals surface area contributed by atoms with E-state index in [1.165, 1.54) is 6.07 Å². The second kappa shape index (κ2) is 6.56. The maximum atomic E-state index is 12.3. The number of rotatable bonds is 6. The van der Waals surface area contributed by atoms with Crippen molar-refractivity contribution in [1.29, 1.82) is 5.26 Å². The van der Waals surface area contributed by atoms with E-state index < -0.39 is 15.6 Å². The molecule has 0 aliphatic rings. The lowest BCUT2D eigenvalue weighted by molar-refractivity contribution is 0.0102. The number of hydrogen-bond donors (Lipinski definition) is 2. The number of benzene rings is 1. The highest BCUT2D eigenvalue weighted by atomic mass is 32.2. The lowest BCUT2D eigenvalue weighted by Crippen LogP contribution is -2.45. The van der Waals surface area contributed by atoms with Crippen molar-refractivity contribution in [3.63, 3.8) is 0 Å². The van der Waals surface area contributed by atoms with Crippen LogP contribution in [0.2, 0.25) is 0 Å². The topological polar surface area (TPSA) is 90.2 Å². The Morgan fingerprint density at radius 1 is 1.48 bits per heavy atom. The Morgan fingerprint density at radius 3 is 2.62 bits per heavy atom. The van der Waals surface area contributed by atoms with E-state index >= 15 is 0 Å². The molecule has 116 valence electrons. The van der Waals surface area contributed by atoms with Gasteiger partial charge in [0.05, 0.1) is 22.1 Å². The lowest BCUT2D eigenvalue weighted by atomic mass is 9.89. The van der Waals surface area contributed by atoms with Crippen LogP contribution in [0, 0.1) is 24.2 Å². The molecule has 5 nitrogen and oxygen atoms in total. The summed E-state index contributed by atoms with van der Waals surface area (Å²) in [5.41, 5.74) is -0.276. The zero-order valence-corrected chi connectivity index (χ0v) is 13.7. The number of hydrogen-bond acceptors (Lipinski definition) is 4. The maximum Gasteiger partial charge on any atom is 0.240 e. The molecule has 0 bridgehead atoms. The van der Waals surface area contributed by atoms with Crippen molar-refractivity contribution in [3.8, 4) is 6.07 Å². The first-order chi connectivity index (χ1) is 9.64. The third-order valence-electron chi connectivity index (χ3n) is 3.90. The zero-order valence-electron chi connectivity index (χ0n) is 12.8. The number of nitrogens with one attached hydrogen (secondary N) is 1. The minimum atomic E-state index is -3.76. The molecule has 0 aliphatic heterocycles. The number of nitriles is 1. The lowest BCUT2D eigenvalue weighted by Gasteiger charge is -2.29. The molecule has 1 aromatic rings. The van der Waals surface area contributed by atoms with E-state index in [9.17, 15) is 13.5 Å². The average Bonchev–Trinajstić information content (AvgIpc) is 2.44. The summed E-state index contributed by atoms with van der Waals surface area (Å²) in [6, 6.07) is 6.44. The van der Waals surface area contributed by atoms with Crippen LogP contribution in [0.1, 0.15) is 38.3 Å². The van der Waals surface area contributed by atoms with Crippen LogP contribution in [0.5, 0.6) is 0 Å². The molecule has 1 aromatic carbocycles. The summed E-state index contributed by atoms with van der Waals surface area (Å²) in [5, 5.41) is 19.2. The molecule has 2 atom stereocenters. The minimum absolute atomic E-state index is 0.0354. The minimum Gasteiger partial charge on any atom is -0.389 e. The molecular formula is C15H22N2O3S. The van der Waals surface area contributed by atoms with E-state index in [2.05, 4.69) is 4.72 Å². The molecule has 2 unspecified atom stereocenters. The van der Waals surface area contributed by atoms with Gasteiger partial charge in [-0.1, -0.05) is 26.3 Å².